The van der Waals surface area contributed by atoms with Crippen LogP contribution >= 0.6 is 0 Å². The van der Waals surface area contributed by atoms with Crippen LogP contribution in [0.3, 0.4) is 0 Å². The van der Waals surface area contributed by atoms with Crippen LogP contribution in [0.25, 0.3) is 0 Å². The van der Waals surface area contributed by atoms with Crippen molar-refractivity contribution in [2.24, 2.45) is 0 Å². The highest BCUT2D eigenvalue weighted by Crippen LogP contribution is 2.23. The molecule has 1 aromatic carbocycles. The van der Waals surface area contributed by atoms with Gasteiger partial charge in [0, 0.05) is 6.42 Å². The highest BCUT2D eigenvalue weighted by atomic mass is 16.5. The molecule has 1 aromatic rings. The Bertz CT molecular complexity index is 606. The highest BCUT2D eigenvalue weighted by molar-refractivity contribution is 5.87. The number of aliphatic carboxylic acids is 1. The van der Waals surface area contributed by atoms with Crippen molar-refractivity contribution in [2.45, 2.75) is 130 Å². The Kier molecular flexibility index (Phi) is 17.6. The summed E-state index contributed by atoms with van der Waals surface area (Å²) >= 11 is 0. The first-order valence-corrected chi connectivity index (χ1v) is 13.3. The first kappa shape index (κ1) is 28.3. The van der Waals surface area contributed by atoms with Gasteiger partial charge in [-0.15, -0.1) is 0 Å². The normalized spacial score (nSPS) is 11.9. The third-order valence-electron chi connectivity index (χ3n) is 6.14. The van der Waals surface area contributed by atoms with Crippen LogP contribution in [0.15, 0.2) is 41.7 Å². The van der Waals surface area contributed by atoms with Crippen LogP contribution in [-0.2, 0) is 16.1 Å². The summed E-state index contributed by atoms with van der Waals surface area (Å²) in [5.74, 6) is -0.110. The maximum absolute atomic E-state index is 12.0. The van der Waals surface area contributed by atoms with Gasteiger partial charge >= 0.3 is 5.97 Å². The first-order valence-electron chi connectivity index (χ1n) is 13.3. The number of hydrogen-bond donors (Lipinski definition) is 1. The van der Waals surface area contributed by atoms with Gasteiger partial charge in [0.2, 0.25) is 0 Å². The molecule has 182 valence electrons. The fraction of sp³-hybridized carbons (Fsp3) is 0.690. The maximum atomic E-state index is 12.0. The van der Waals surface area contributed by atoms with Crippen molar-refractivity contribution in [1.29, 1.82) is 0 Å². The van der Waals surface area contributed by atoms with E-state index >= 15 is 0 Å². The molecular weight excluding hydrogens is 396 g/mol. The Hall–Kier alpha value is -1.77. The maximum Gasteiger partial charge on any atom is 0.334 e. The summed E-state index contributed by atoms with van der Waals surface area (Å²) in [5.41, 5.74) is 1.57. The Balaban J connectivity index is 2.46. The van der Waals surface area contributed by atoms with E-state index in [1.807, 2.05) is 30.3 Å². The average molecular weight is 445 g/mol. The summed E-state index contributed by atoms with van der Waals surface area (Å²) in [6.07, 6.45) is 19.9. The van der Waals surface area contributed by atoms with Crippen LogP contribution in [0.1, 0.15) is 129 Å². The van der Waals surface area contributed by atoms with Crippen molar-refractivity contribution in [3.05, 3.63) is 47.2 Å². The van der Waals surface area contributed by atoms with E-state index in [0.29, 0.717) is 24.4 Å². The number of rotatable bonds is 21. The second-order valence-corrected chi connectivity index (χ2v) is 9.08. The fourth-order valence-electron chi connectivity index (χ4n) is 4.10. The minimum absolute atomic E-state index is 0.444. The number of ether oxygens (including phenoxy) is 1. The predicted octanol–water partition coefficient (Wildman–Crippen LogP) is 9.21. The largest absolute Gasteiger partial charge is 0.493 e. The van der Waals surface area contributed by atoms with Crippen molar-refractivity contribution >= 4 is 5.97 Å². The minimum atomic E-state index is -0.812. The number of benzene rings is 1. The summed E-state index contributed by atoms with van der Waals surface area (Å²) in [6, 6.07) is 10.0. The zero-order valence-corrected chi connectivity index (χ0v) is 20.9. The van der Waals surface area contributed by atoms with Gasteiger partial charge in [-0.25, -0.2) is 4.79 Å². The van der Waals surface area contributed by atoms with Crippen LogP contribution < -0.4 is 0 Å². The Morgan fingerprint density at radius 2 is 1.16 bits per heavy atom. The second-order valence-electron chi connectivity index (χ2n) is 9.08. The Morgan fingerprint density at radius 1 is 0.688 bits per heavy atom. The summed E-state index contributed by atoms with van der Waals surface area (Å²) in [5, 5.41) is 9.84. The number of carboxylic acid groups (broad SMARTS) is 1. The summed E-state index contributed by atoms with van der Waals surface area (Å²) in [6.45, 7) is 4.88. The van der Waals surface area contributed by atoms with Crippen LogP contribution in [0.5, 0.6) is 0 Å². The average Bonchev–Trinajstić information content (AvgIpc) is 2.80. The van der Waals surface area contributed by atoms with Crippen LogP contribution in [0.4, 0.5) is 0 Å². The standard InChI is InChI=1S/C29H48O3/c1-3-5-7-9-10-11-12-13-14-15-20-24-28(32-25-26-21-17-16-18-22-26)27(29(30)31)23-19-8-6-4-2/h16-18,21-22H,3-15,19-20,23-25H2,1-2H3,(H,30,31). The topological polar surface area (TPSA) is 46.5 Å². The lowest BCUT2D eigenvalue weighted by molar-refractivity contribution is -0.133. The van der Waals surface area contributed by atoms with E-state index in [1.54, 1.807) is 0 Å². The third kappa shape index (κ3) is 14.3. The molecule has 1 rings (SSSR count). The van der Waals surface area contributed by atoms with E-state index in [1.165, 1.54) is 57.8 Å². The van der Waals surface area contributed by atoms with Gasteiger partial charge in [-0.05, 0) is 24.8 Å². The highest BCUT2D eigenvalue weighted by Gasteiger charge is 2.16. The molecule has 0 unspecified atom stereocenters. The Morgan fingerprint density at radius 3 is 1.69 bits per heavy atom. The third-order valence-corrected chi connectivity index (χ3v) is 6.14. The van der Waals surface area contributed by atoms with Gasteiger partial charge in [0.15, 0.2) is 0 Å². The lowest BCUT2D eigenvalue weighted by atomic mass is 10.0. The van der Waals surface area contributed by atoms with Crippen LogP contribution in [0.2, 0.25) is 0 Å². The molecule has 0 aliphatic heterocycles. The summed E-state index contributed by atoms with van der Waals surface area (Å²) < 4.78 is 6.10. The van der Waals surface area contributed by atoms with Gasteiger partial charge in [0.1, 0.15) is 12.4 Å². The molecule has 0 aromatic heterocycles. The zero-order chi connectivity index (χ0) is 23.3. The van der Waals surface area contributed by atoms with E-state index in [2.05, 4.69) is 13.8 Å². The quantitative estimate of drug-likeness (QED) is 0.117. The lowest BCUT2D eigenvalue weighted by Gasteiger charge is -2.15. The molecule has 0 heterocycles. The van der Waals surface area contributed by atoms with E-state index in [9.17, 15) is 9.90 Å². The lowest BCUT2D eigenvalue weighted by Crippen LogP contribution is -2.08. The van der Waals surface area contributed by atoms with Gasteiger partial charge in [0.25, 0.3) is 0 Å². The predicted molar refractivity (Wildman–Crippen MR) is 136 cm³/mol. The van der Waals surface area contributed by atoms with Crippen molar-refractivity contribution in [3.63, 3.8) is 0 Å². The number of carbonyl (C=O) groups is 1. The van der Waals surface area contributed by atoms with Gasteiger partial charge in [0.05, 0.1) is 5.57 Å². The molecule has 1 N–H and O–H groups in total. The van der Waals surface area contributed by atoms with E-state index in [-0.39, 0.29) is 0 Å². The van der Waals surface area contributed by atoms with Gasteiger partial charge in [-0.2, -0.15) is 0 Å². The molecule has 0 fully saturated rings. The molecule has 0 aliphatic carbocycles. The van der Waals surface area contributed by atoms with Gasteiger partial charge in [-0.3, -0.25) is 0 Å². The molecule has 0 amide bonds. The minimum Gasteiger partial charge on any atom is -0.493 e. The van der Waals surface area contributed by atoms with Crippen LogP contribution in [-0.4, -0.2) is 11.1 Å². The molecule has 0 radical (unpaired) electrons. The number of hydrogen-bond acceptors (Lipinski definition) is 2. The molecule has 3 heteroatoms. The fourth-order valence-corrected chi connectivity index (χ4v) is 4.10. The molecule has 0 bridgehead atoms. The molecule has 3 nitrogen and oxygen atoms in total. The van der Waals surface area contributed by atoms with E-state index in [4.69, 9.17) is 4.74 Å². The molecule has 0 saturated heterocycles. The van der Waals surface area contributed by atoms with Gasteiger partial charge < -0.3 is 9.84 Å². The van der Waals surface area contributed by atoms with Crippen molar-refractivity contribution < 1.29 is 14.6 Å². The first-order chi connectivity index (χ1) is 15.7. The summed E-state index contributed by atoms with van der Waals surface area (Å²) in [4.78, 5) is 12.0. The molecular formula is C29H48O3. The van der Waals surface area contributed by atoms with E-state index in [0.717, 1.165) is 50.5 Å². The smallest absolute Gasteiger partial charge is 0.334 e. The summed E-state index contributed by atoms with van der Waals surface area (Å²) in [7, 11) is 0. The molecule has 0 saturated carbocycles. The van der Waals surface area contributed by atoms with Crippen molar-refractivity contribution in [3.8, 4) is 0 Å². The Labute approximate surface area is 197 Å². The molecule has 0 spiro atoms. The number of carboxylic acids is 1. The van der Waals surface area contributed by atoms with Crippen molar-refractivity contribution in [1.82, 2.24) is 0 Å². The SMILES string of the molecule is CCCCCCCCCCCCCC(OCc1ccccc1)=C(CCCCCC)C(=O)O. The number of allylic oxidation sites excluding steroid dienone is 1. The molecule has 32 heavy (non-hydrogen) atoms. The van der Waals surface area contributed by atoms with Crippen LogP contribution in [0, 0.1) is 0 Å². The number of unbranched alkanes of at least 4 members (excludes halogenated alkanes) is 13. The molecule has 0 aliphatic rings. The second kappa shape index (κ2) is 19.9. The van der Waals surface area contributed by atoms with E-state index < -0.39 is 5.97 Å². The van der Waals surface area contributed by atoms with Crippen molar-refractivity contribution in [2.75, 3.05) is 0 Å². The van der Waals surface area contributed by atoms with Gasteiger partial charge in [-0.1, -0.05) is 128 Å². The zero-order valence-electron chi connectivity index (χ0n) is 20.9. The molecule has 0 atom stereocenters. The monoisotopic (exact) mass is 444 g/mol.